The zero-order valence-electron chi connectivity index (χ0n) is 13.8. The first-order valence-corrected chi connectivity index (χ1v) is 7.46. The van der Waals surface area contributed by atoms with Crippen molar-refractivity contribution < 1.29 is 40.5 Å². The molecule has 0 spiro atoms. The molecule has 0 aliphatic carbocycles. The molecular weight excluding hydrogens is 235 g/mol. The number of rotatable bonds is 12. The van der Waals surface area contributed by atoms with Crippen molar-refractivity contribution in [1.29, 1.82) is 0 Å². The molecule has 0 unspecified atom stereocenters. The standard InChI is InChI=1S/C15H30O2.Na.H/c1-3-5-6-7-8-9-10-11-12-13-14-17-15(16)4-2;;/h3-14H2,1-2H3;;/q;+1;-1. The molecule has 104 valence electrons. The van der Waals surface area contributed by atoms with Crippen LogP contribution in [0.5, 0.6) is 0 Å². The van der Waals surface area contributed by atoms with Gasteiger partial charge in [-0.25, -0.2) is 0 Å². The molecule has 0 aliphatic heterocycles. The molecule has 0 aliphatic rings. The monoisotopic (exact) mass is 266 g/mol. The van der Waals surface area contributed by atoms with Crippen LogP contribution >= 0.6 is 0 Å². The second kappa shape index (κ2) is 17.5. The van der Waals surface area contributed by atoms with Gasteiger partial charge in [0.25, 0.3) is 0 Å². The van der Waals surface area contributed by atoms with Gasteiger partial charge < -0.3 is 6.16 Å². The average molecular weight is 266 g/mol. The van der Waals surface area contributed by atoms with Crippen LogP contribution in [0.25, 0.3) is 0 Å². The van der Waals surface area contributed by atoms with Gasteiger partial charge in [0.2, 0.25) is 0 Å². The van der Waals surface area contributed by atoms with Crippen LogP contribution in [-0.2, 0) is 9.53 Å². The molecule has 0 heterocycles. The predicted octanol–water partition coefficient (Wildman–Crippen LogP) is 1.98. The van der Waals surface area contributed by atoms with Gasteiger partial charge in [0, 0.05) is 6.42 Å². The van der Waals surface area contributed by atoms with Crippen LogP contribution in [0.3, 0.4) is 0 Å². The summed E-state index contributed by atoms with van der Waals surface area (Å²) in [4.78, 5) is 10.8. The molecule has 0 N–H and O–H groups in total. The maximum atomic E-state index is 10.8. The summed E-state index contributed by atoms with van der Waals surface area (Å²) >= 11 is 0. The first-order valence-electron chi connectivity index (χ1n) is 7.46. The van der Waals surface area contributed by atoms with Gasteiger partial charge >= 0.3 is 35.5 Å². The summed E-state index contributed by atoms with van der Waals surface area (Å²) in [6, 6.07) is 0. The molecule has 0 amide bonds. The van der Waals surface area contributed by atoms with E-state index >= 15 is 0 Å². The topological polar surface area (TPSA) is 26.3 Å². The van der Waals surface area contributed by atoms with E-state index in [9.17, 15) is 4.79 Å². The van der Waals surface area contributed by atoms with E-state index in [0.717, 1.165) is 6.42 Å². The van der Waals surface area contributed by atoms with Crippen molar-refractivity contribution in [2.75, 3.05) is 6.61 Å². The Morgan fingerprint density at radius 2 is 1.28 bits per heavy atom. The summed E-state index contributed by atoms with van der Waals surface area (Å²) in [6.45, 7) is 4.70. The minimum atomic E-state index is -0.0686. The van der Waals surface area contributed by atoms with Crippen LogP contribution in [0.1, 0.15) is 85.9 Å². The van der Waals surface area contributed by atoms with E-state index in [2.05, 4.69) is 6.92 Å². The molecule has 0 aromatic rings. The third-order valence-corrected chi connectivity index (χ3v) is 3.05. The third-order valence-electron chi connectivity index (χ3n) is 3.05. The smallest absolute Gasteiger partial charge is 1.00 e. The number of hydrogen-bond donors (Lipinski definition) is 0. The van der Waals surface area contributed by atoms with Gasteiger partial charge in [-0.3, -0.25) is 4.79 Å². The summed E-state index contributed by atoms with van der Waals surface area (Å²) in [6.07, 6.45) is 13.7. The molecule has 0 radical (unpaired) electrons. The quantitative estimate of drug-likeness (QED) is 0.307. The normalized spacial score (nSPS) is 9.89. The van der Waals surface area contributed by atoms with E-state index in [0.29, 0.717) is 13.0 Å². The Bertz CT molecular complexity index is 178. The van der Waals surface area contributed by atoms with Gasteiger partial charge in [0.1, 0.15) is 0 Å². The van der Waals surface area contributed by atoms with E-state index in [-0.39, 0.29) is 37.0 Å². The minimum absolute atomic E-state index is 0. The number of ether oxygens (including phenoxy) is 1. The predicted molar refractivity (Wildman–Crippen MR) is 74.2 cm³/mol. The second-order valence-electron chi connectivity index (χ2n) is 4.76. The fourth-order valence-corrected chi connectivity index (χ4v) is 1.88. The molecule has 0 rings (SSSR count). The molecule has 0 fully saturated rings. The molecule has 0 bridgehead atoms. The fourth-order valence-electron chi connectivity index (χ4n) is 1.88. The Kier molecular flexibility index (Phi) is 20.2. The van der Waals surface area contributed by atoms with Crippen molar-refractivity contribution >= 4 is 5.97 Å². The van der Waals surface area contributed by atoms with E-state index in [1.165, 1.54) is 57.8 Å². The Morgan fingerprint density at radius 3 is 1.72 bits per heavy atom. The molecule has 0 saturated carbocycles. The summed E-state index contributed by atoms with van der Waals surface area (Å²) in [5.41, 5.74) is 0. The number of carbonyl (C=O) groups excluding carboxylic acids is 1. The number of carbonyl (C=O) groups is 1. The molecule has 18 heavy (non-hydrogen) atoms. The second-order valence-corrected chi connectivity index (χ2v) is 4.76. The Morgan fingerprint density at radius 1 is 0.833 bits per heavy atom. The summed E-state index contributed by atoms with van der Waals surface area (Å²) < 4.78 is 5.02. The van der Waals surface area contributed by atoms with Gasteiger partial charge in [0.05, 0.1) is 6.61 Å². The molecule has 0 saturated heterocycles. The summed E-state index contributed by atoms with van der Waals surface area (Å²) in [5, 5.41) is 0. The zero-order valence-corrected chi connectivity index (χ0v) is 14.8. The van der Waals surface area contributed by atoms with Crippen molar-refractivity contribution in [2.24, 2.45) is 0 Å². The average Bonchev–Trinajstić information content (AvgIpc) is 2.35. The Balaban J connectivity index is -0.00000128. The van der Waals surface area contributed by atoms with Crippen LogP contribution in [0.15, 0.2) is 0 Å². The molecular formula is C15H31NaO2. The van der Waals surface area contributed by atoms with Gasteiger partial charge in [-0.1, -0.05) is 71.6 Å². The Labute approximate surface area is 137 Å². The first kappa shape index (κ1) is 20.8. The van der Waals surface area contributed by atoms with Crippen molar-refractivity contribution in [3.8, 4) is 0 Å². The molecule has 0 atom stereocenters. The van der Waals surface area contributed by atoms with Gasteiger partial charge in [-0.05, 0) is 6.42 Å². The fraction of sp³-hybridized carbons (Fsp3) is 0.933. The third kappa shape index (κ3) is 16.5. The van der Waals surface area contributed by atoms with Crippen molar-refractivity contribution in [3.05, 3.63) is 0 Å². The molecule has 3 heteroatoms. The number of unbranched alkanes of at least 4 members (excludes halogenated alkanes) is 9. The van der Waals surface area contributed by atoms with Crippen LogP contribution < -0.4 is 29.6 Å². The van der Waals surface area contributed by atoms with Crippen molar-refractivity contribution in [1.82, 2.24) is 0 Å². The largest absolute Gasteiger partial charge is 1.00 e. The minimum Gasteiger partial charge on any atom is -1.00 e. The van der Waals surface area contributed by atoms with Gasteiger partial charge in [-0.2, -0.15) is 0 Å². The maximum absolute atomic E-state index is 10.8. The van der Waals surface area contributed by atoms with E-state index in [4.69, 9.17) is 4.74 Å². The molecule has 0 aromatic carbocycles. The SMILES string of the molecule is CCCCCCCCCCCCOC(=O)CC.[H-].[Na+]. The maximum Gasteiger partial charge on any atom is 1.00 e. The molecule has 0 aromatic heterocycles. The van der Waals surface area contributed by atoms with E-state index in [1.807, 2.05) is 6.92 Å². The van der Waals surface area contributed by atoms with Crippen LogP contribution in [0.4, 0.5) is 0 Å². The first-order chi connectivity index (χ1) is 8.31. The Hall–Kier alpha value is 0.470. The summed E-state index contributed by atoms with van der Waals surface area (Å²) in [7, 11) is 0. The zero-order chi connectivity index (χ0) is 12.8. The van der Waals surface area contributed by atoms with E-state index < -0.39 is 0 Å². The van der Waals surface area contributed by atoms with Crippen LogP contribution in [0.2, 0.25) is 0 Å². The summed E-state index contributed by atoms with van der Waals surface area (Å²) in [5.74, 6) is -0.0686. The van der Waals surface area contributed by atoms with Crippen molar-refractivity contribution in [3.63, 3.8) is 0 Å². The van der Waals surface area contributed by atoms with Gasteiger partial charge in [0.15, 0.2) is 0 Å². The number of hydrogen-bond acceptors (Lipinski definition) is 2. The molecule has 2 nitrogen and oxygen atoms in total. The van der Waals surface area contributed by atoms with Crippen LogP contribution in [-0.4, -0.2) is 12.6 Å². The van der Waals surface area contributed by atoms with Crippen LogP contribution in [0, 0.1) is 0 Å². The van der Waals surface area contributed by atoms with Crippen molar-refractivity contribution in [2.45, 2.75) is 84.5 Å². The van der Waals surface area contributed by atoms with E-state index in [1.54, 1.807) is 0 Å². The van der Waals surface area contributed by atoms with Gasteiger partial charge in [-0.15, -0.1) is 0 Å². The number of esters is 1.